The standard InChI is InChI=1S/C12H20ClN3S/c1-12(2,3)6-9(13)7-14-11-15-10(16-17-11)8-4-5-8/h8-9H,4-7H2,1-3H3,(H,14,15,16). The van der Waals surface area contributed by atoms with E-state index in [-0.39, 0.29) is 10.8 Å². The number of halogens is 1. The van der Waals surface area contributed by atoms with Gasteiger partial charge in [0.05, 0.1) is 5.38 Å². The van der Waals surface area contributed by atoms with E-state index in [2.05, 4.69) is 35.4 Å². The predicted octanol–water partition coefficient (Wildman–Crippen LogP) is 3.87. The van der Waals surface area contributed by atoms with Crippen LogP contribution >= 0.6 is 23.1 Å². The van der Waals surface area contributed by atoms with Crippen LogP contribution in [0.3, 0.4) is 0 Å². The fourth-order valence-corrected chi connectivity index (χ4v) is 2.94. The molecule has 1 aromatic heterocycles. The molecule has 96 valence electrons. The summed E-state index contributed by atoms with van der Waals surface area (Å²) in [7, 11) is 0. The van der Waals surface area contributed by atoms with Gasteiger partial charge >= 0.3 is 0 Å². The lowest BCUT2D eigenvalue weighted by atomic mass is 9.90. The van der Waals surface area contributed by atoms with Gasteiger partial charge in [-0.1, -0.05) is 20.8 Å². The van der Waals surface area contributed by atoms with Crippen molar-refractivity contribution in [2.24, 2.45) is 5.41 Å². The topological polar surface area (TPSA) is 37.8 Å². The Morgan fingerprint density at radius 1 is 1.47 bits per heavy atom. The van der Waals surface area contributed by atoms with Gasteiger partial charge in [-0.05, 0) is 24.7 Å². The van der Waals surface area contributed by atoms with E-state index < -0.39 is 0 Å². The summed E-state index contributed by atoms with van der Waals surface area (Å²) in [6.45, 7) is 7.38. The van der Waals surface area contributed by atoms with Crippen LogP contribution in [-0.2, 0) is 0 Å². The summed E-state index contributed by atoms with van der Waals surface area (Å²) in [4.78, 5) is 4.48. The van der Waals surface area contributed by atoms with E-state index >= 15 is 0 Å². The molecular formula is C12H20ClN3S. The number of nitrogens with one attached hydrogen (secondary N) is 1. The average molecular weight is 274 g/mol. The summed E-state index contributed by atoms with van der Waals surface area (Å²) in [6, 6.07) is 0. The first kappa shape index (κ1) is 13.1. The normalized spacial score (nSPS) is 18.1. The second-order valence-corrected chi connectivity index (χ2v) is 7.34. The molecule has 2 rings (SSSR count). The molecule has 0 bridgehead atoms. The number of rotatable bonds is 5. The first-order valence-corrected chi connectivity index (χ1v) is 7.36. The molecule has 1 N–H and O–H groups in total. The molecule has 0 spiro atoms. The average Bonchev–Trinajstić information content (AvgIpc) is 2.93. The van der Waals surface area contributed by atoms with Crippen LogP contribution < -0.4 is 5.32 Å². The highest BCUT2D eigenvalue weighted by atomic mass is 35.5. The van der Waals surface area contributed by atoms with Gasteiger partial charge < -0.3 is 5.32 Å². The van der Waals surface area contributed by atoms with E-state index in [1.54, 1.807) is 0 Å². The van der Waals surface area contributed by atoms with Crippen LogP contribution in [0.4, 0.5) is 5.13 Å². The SMILES string of the molecule is CC(C)(C)CC(Cl)CNc1nc(C2CC2)ns1. The van der Waals surface area contributed by atoms with E-state index in [0.717, 1.165) is 23.9 Å². The molecule has 1 saturated carbocycles. The zero-order chi connectivity index (χ0) is 12.5. The second kappa shape index (κ2) is 5.11. The van der Waals surface area contributed by atoms with Crippen LogP contribution in [0.25, 0.3) is 0 Å². The van der Waals surface area contributed by atoms with Gasteiger partial charge in [-0.15, -0.1) is 11.6 Å². The van der Waals surface area contributed by atoms with Gasteiger partial charge in [-0.3, -0.25) is 0 Å². The Hall–Kier alpha value is -0.350. The number of anilines is 1. The maximum atomic E-state index is 6.29. The molecule has 1 aliphatic carbocycles. The molecule has 1 fully saturated rings. The second-order valence-electron chi connectivity index (χ2n) is 5.97. The van der Waals surface area contributed by atoms with E-state index in [4.69, 9.17) is 11.6 Å². The van der Waals surface area contributed by atoms with Crippen LogP contribution in [-0.4, -0.2) is 21.3 Å². The summed E-state index contributed by atoms with van der Waals surface area (Å²) in [6.07, 6.45) is 3.49. The zero-order valence-electron chi connectivity index (χ0n) is 10.7. The van der Waals surface area contributed by atoms with Gasteiger partial charge in [0.25, 0.3) is 0 Å². The van der Waals surface area contributed by atoms with Gasteiger partial charge in [0.2, 0.25) is 5.13 Å². The van der Waals surface area contributed by atoms with Crippen LogP contribution in [0.1, 0.15) is 51.8 Å². The van der Waals surface area contributed by atoms with Gasteiger partial charge in [-0.2, -0.15) is 4.37 Å². The fraction of sp³-hybridized carbons (Fsp3) is 0.833. The van der Waals surface area contributed by atoms with E-state index in [0.29, 0.717) is 5.92 Å². The van der Waals surface area contributed by atoms with Gasteiger partial charge in [-0.25, -0.2) is 4.98 Å². The van der Waals surface area contributed by atoms with Crippen molar-refractivity contribution < 1.29 is 0 Å². The molecular weight excluding hydrogens is 254 g/mol. The number of hydrogen-bond acceptors (Lipinski definition) is 4. The number of hydrogen-bond donors (Lipinski definition) is 1. The van der Waals surface area contributed by atoms with Gasteiger partial charge in [0.15, 0.2) is 0 Å². The van der Waals surface area contributed by atoms with E-state index in [1.165, 1.54) is 24.4 Å². The third-order valence-electron chi connectivity index (χ3n) is 2.69. The summed E-state index contributed by atoms with van der Waals surface area (Å²) in [5, 5.41) is 4.33. The smallest absolute Gasteiger partial charge is 0.202 e. The minimum absolute atomic E-state index is 0.142. The fourth-order valence-electron chi connectivity index (χ4n) is 1.75. The van der Waals surface area contributed by atoms with Crippen molar-refractivity contribution in [3.05, 3.63) is 5.82 Å². The molecule has 0 aliphatic heterocycles. The molecule has 1 heterocycles. The zero-order valence-corrected chi connectivity index (χ0v) is 12.2. The van der Waals surface area contributed by atoms with Crippen LogP contribution in [0.15, 0.2) is 0 Å². The van der Waals surface area contributed by atoms with Gasteiger partial charge in [0.1, 0.15) is 5.82 Å². The Balaban J connectivity index is 1.76. The number of aromatic nitrogens is 2. The van der Waals surface area contributed by atoms with E-state index in [1.807, 2.05) is 0 Å². The molecule has 5 heteroatoms. The van der Waals surface area contributed by atoms with Crippen molar-refractivity contribution in [2.45, 2.75) is 51.3 Å². The lowest BCUT2D eigenvalue weighted by Gasteiger charge is -2.21. The summed E-state index contributed by atoms with van der Waals surface area (Å²) in [5.74, 6) is 1.64. The molecule has 0 amide bonds. The lowest BCUT2D eigenvalue weighted by molar-refractivity contribution is 0.373. The first-order valence-electron chi connectivity index (χ1n) is 6.15. The Kier molecular flexibility index (Phi) is 3.93. The van der Waals surface area contributed by atoms with Crippen molar-refractivity contribution >= 4 is 28.3 Å². The Labute approximate surface area is 112 Å². The molecule has 0 aromatic carbocycles. The van der Waals surface area contributed by atoms with Gasteiger partial charge in [0, 0.05) is 24.0 Å². The van der Waals surface area contributed by atoms with Crippen LogP contribution in [0.5, 0.6) is 0 Å². The Morgan fingerprint density at radius 3 is 2.76 bits per heavy atom. The number of nitrogens with zero attached hydrogens (tertiary/aromatic N) is 2. The molecule has 1 aliphatic rings. The maximum Gasteiger partial charge on any atom is 0.202 e. The summed E-state index contributed by atoms with van der Waals surface area (Å²) >= 11 is 7.74. The third kappa shape index (κ3) is 4.43. The number of alkyl halides is 1. The molecule has 1 unspecified atom stereocenters. The Bertz CT molecular complexity index is 368. The minimum Gasteiger partial charge on any atom is -0.359 e. The largest absolute Gasteiger partial charge is 0.359 e. The molecule has 0 saturated heterocycles. The molecule has 0 radical (unpaired) electrons. The van der Waals surface area contributed by atoms with Crippen molar-refractivity contribution in [3.63, 3.8) is 0 Å². The maximum absolute atomic E-state index is 6.29. The third-order valence-corrected chi connectivity index (χ3v) is 3.69. The highest BCUT2D eigenvalue weighted by molar-refractivity contribution is 7.09. The highest BCUT2D eigenvalue weighted by Gasteiger charge is 2.27. The predicted molar refractivity (Wildman–Crippen MR) is 74.1 cm³/mol. The monoisotopic (exact) mass is 273 g/mol. The van der Waals surface area contributed by atoms with Crippen molar-refractivity contribution in [2.75, 3.05) is 11.9 Å². The molecule has 1 atom stereocenters. The van der Waals surface area contributed by atoms with Crippen LogP contribution in [0.2, 0.25) is 0 Å². The lowest BCUT2D eigenvalue weighted by Crippen LogP contribution is -2.20. The Morgan fingerprint density at radius 2 is 2.18 bits per heavy atom. The minimum atomic E-state index is 0.142. The highest BCUT2D eigenvalue weighted by Crippen LogP contribution is 2.39. The van der Waals surface area contributed by atoms with Crippen molar-refractivity contribution in [1.82, 2.24) is 9.36 Å². The molecule has 17 heavy (non-hydrogen) atoms. The molecule has 3 nitrogen and oxygen atoms in total. The molecule has 1 aromatic rings. The summed E-state index contributed by atoms with van der Waals surface area (Å²) < 4.78 is 4.36. The summed E-state index contributed by atoms with van der Waals surface area (Å²) in [5.41, 5.74) is 0.272. The van der Waals surface area contributed by atoms with E-state index in [9.17, 15) is 0 Å². The van der Waals surface area contributed by atoms with Crippen molar-refractivity contribution in [3.8, 4) is 0 Å². The quantitative estimate of drug-likeness (QED) is 0.828. The van der Waals surface area contributed by atoms with Crippen molar-refractivity contribution in [1.29, 1.82) is 0 Å². The first-order chi connectivity index (χ1) is 7.94. The van der Waals surface area contributed by atoms with Crippen LogP contribution in [0, 0.1) is 5.41 Å².